The van der Waals surface area contributed by atoms with Crippen molar-refractivity contribution in [1.82, 2.24) is 19.7 Å². The van der Waals surface area contributed by atoms with Crippen LogP contribution >= 0.6 is 0 Å². The molecule has 2 atom stereocenters. The Bertz CT molecular complexity index is 563. The Morgan fingerprint density at radius 3 is 2.77 bits per heavy atom. The average Bonchev–Trinajstić information content (AvgIpc) is 2.89. The summed E-state index contributed by atoms with van der Waals surface area (Å²) in [5.74, 6) is 2.42. The number of amides is 1. The average molecular weight is 305 g/mol. The maximum atomic E-state index is 12.9. The van der Waals surface area contributed by atoms with E-state index in [1.54, 1.807) is 0 Å². The zero-order chi connectivity index (χ0) is 15.9. The van der Waals surface area contributed by atoms with E-state index < -0.39 is 0 Å². The summed E-state index contributed by atoms with van der Waals surface area (Å²) >= 11 is 0. The molecule has 1 saturated carbocycles. The van der Waals surface area contributed by atoms with E-state index in [4.69, 9.17) is 5.73 Å². The molecule has 0 bridgehead atoms. The van der Waals surface area contributed by atoms with Crippen molar-refractivity contribution in [1.29, 1.82) is 0 Å². The van der Waals surface area contributed by atoms with Crippen molar-refractivity contribution in [3.63, 3.8) is 0 Å². The number of carbonyl (C=O) groups excluding carboxylic acids is 1. The summed E-state index contributed by atoms with van der Waals surface area (Å²) in [5.41, 5.74) is 6.02. The second-order valence-electron chi connectivity index (χ2n) is 7.34. The van der Waals surface area contributed by atoms with Gasteiger partial charge in [-0.2, -0.15) is 0 Å². The Balaban J connectivity index is 1.75. The van der Waals surface area contributed by atoms with Gasteiger partial charge < -0.3 is 15.2 Å². The van der Waals surface area contributed by atoms with Gasteiger partial charge in [0.15, 0.2) is 5.82 Å². The van der Waals surface area contributed by atoms with Gasteiger partial charge in [-0.25, -0.2) is 0 Å². The standard InChI is InChI=1S/C16H27N5O/c1-11(2)14-19-18-13-10-20(8-9-21(13)14)15(22)12-6-4-5-7-16(12,3)17/h11-12H,4-10,17H2,1-3H3. The summed E-state index contributed by atoms with van der Waals surface area (Å²) in [7, 11) is 0. The molecule has 2 unspecified atom stereocenters. The Morgan fingerprint density at radius 2 is 2.09 bits per heavy atom. The van der Waals surface area contributed by atoms with Gasteiger partial charge >= 0.3 is 0 Å². The van der Waals surface area contributed by atoms with Crippen molar-refractivity contribution in [3.8, 4) is 0 Å². The van der Waals surface area contributed by atoms with Crippen molar-refractivity contribution in [2.45, 2.75) is 71.0 Å². The number of nitrogens with two attached hydrogens (primary N) is 1. The van der Waals surface area contributed by atoms with Gasteiger partial charge in [-0.3, -0.25) is 4.79 Å². The molecule has 0 aromatic carbocycles. The molecule has 1 fully saturated rings. The highest BCUT2D eigenvalue weighted by Gasteiger charge is 2.40. The van der Waals surface area contributed by atoms with Gasteiger partial charge in [-0.15, -0.1) is 10.2 Å². The predicted octanol–water partition coefficient (Wildman–Crippen LogP) is 1.65. The highest BCUT2D eigenvalue weighted by atomic mass is 16.2. The van der Waals surface area contributed by atoms with E-state index in [2.05, 4.69) is 28.6 Å². The number of aromatic nitrogens is 3. The molecular weight excluding hydrogens is 278 g/mol. The monoisotopic (exact) mass is 305 g/mol. The van der Waals surface area contributed by atoms with E-state index in [0.717, 1.165) is 50.4 Å². The third-order valence-electron chi connectivity index (χ3n) is 5.16. The maximum Gasteiger partial charge on any atom is 0.227 e. The molecule has 1 aliphatic heterocycles. The molecule has 6 nitrogen and oxygen atoms in total. The summed E-state index contributed by atoms with van der Waals surface area (Å²) in [5, 5.41) is 8.56. The number of hydrogen-bond acceptors (Lipinski definition) is 4. The molecule has 6 heteroatoms. The Hall–Kier alpha value is -1.43. The topological polar surface area (TPSA) is 77.0 Å². The fourth-order valence-electron chi connectivity index (χ4n) is 3.78. The van der Waals surface area contributed by atoms with E-state index in [1.807, 2.05) is 11.8 Å². The zero-order valence-corrected chi connectivity index (χ0v) is 13.9. The zero-order valence-electron chi connectivity index (χ0n) is 13.9. The Kier molecular flexibility index (Phi) is 3.97. The van der Waals surface area contributed by atoms with E-state index in [1.165, 1.54) is 0 Å². The second-order valence-corrected chi connectivity index (χ2v) is 7.34. The Labute approximate surface area is 132 Å². The molecule has 2 N–H and O–H groups in total. The lowest BCUT2D eigenvalue weighted by Gasteiger charge is -2.40. The molecule has 1 aromatic heterocycles. The molecule has 0 saturated heterocycles. The largest absolute Gasteiger partial charge is 0.333 e. The molecule has 0 spiro atoms. The van der Waals surface area contributed by atoms with Crippen LogP contribution < -0.4 is 5.73 Å². The second kappa shape index (κ2) is 5.65. The molecule has 0 radical (unpaired) electrons. The lowest BCUT2D eigenvalue weighted by molar-refractivity contribution is -0.140. The number of carbonyl (C=O) groups is 1. The van der Waals surface area contributed by atoms with E-state index in [0.29, 0.717) is 12.5 Å². The molecule has 3 rings (SSSR count). The maximum absolute atomic E-state index is 12.9. The third kappa shape index (κ3) is 2.64. The highest BCUT2D eigenvalue weighted by Crippen LogP contribution is 2.33. The van der Waals surface area contributed by atoms with Gasteiger partial charge in [0.1, 0.15) is 5.82 Å². The van der Waals surface area contributed by atoms with E-state index in [-0.39, 0.29) is 17.4 Å². The summed E-state index contributed by atoms with van der Waals surface area (Å²) in [4.78, 5) is 14.8. The van der Waals surface area contributed by atoms with Crippen LogP contribution in [0.3, 0.4) is 0 Å². The van der Waals surface area contributed by atoms with Gasteiger partial charge in [0, 0.05) is 24.5 Å². The minimum Gasteiger partial charge on any atom is -0.333 e. The van der Waals surface area contributed by atoms with Gasteiger partial charge in [-0.05, 0) is 19.8 Å². The Morgan fingerprint density at radius 1 is 1.32 bits per heavy atom. The van der Waals surface area contributed by atoms with Crippen LogP contribution in [-0.2, 0) is 17.9 Å². The van der Waals surface area contributed by atoms with Crippen LogP contribution in [0.1, 0.15) is 64.0 Å². The summed E-state index contributed by atoms with van der Waals surface area (Å²) < 4.78 is 2.16. The number of fused-ring (bicyclic) bond motifs is 1. The molecule has 2 aliphatic rings. The van der Waals surface area contributed by atoms with E-state index in [9.17, 15) is 4.79 Å². The first-order chi connectivity index (χ1) is 10.4. The van der Waals surface area contributed by atoms with Crippen molar-refractivity contribution >= 4 is 5.91 Å². The quantitative estimate of drug-likeness (QED) is 0.901. The van der Waals surface area contributed by atoms with Gasteiger partial charge in [0.2, 0.25) is 5.91 Å². The van der Waals surface area contributed by atoms with Crippen LogP contribution in [-0.4, -0.2) is 37.7 Å². The summed E-state index contributed by atoms with van der Waals surface area (Å²) in [6.07, 6.45) is 4.07. The molecular formula is C16H27N5O. The van der Waals surface area contributed by atoms with E-state index >= 15 is 0 Å². The van der Waals surface area contributed by atoms with Crippen LogP contribution in [0.5, 0.6) is 0 Å². The van der Waals surface area contributed by atoms with Crippen molar-refractivity contribution < 1.29 is 4.79 Å². The van der Waals surface area contributed by atoms with Gasteiger partial charge in [0.25, 0.3) is 0 Å². The predicted molar refractivity (Wildman–Crippen MR) is 84.1 cm³/mol. The molecule has 22 heavy (non-hydrogen) atoms. The molecule has 1 aliphatic carbocycles. The first-order valence-corrected chi connectivity index (χ1v) is 8.40. The van der Waals surface area contributed by atoms with Crippen LogP contribution in [0.15, 0.2) is 0 Å². The molecule has 2 heterocycles. The summed E-state index contributed by atoms with van der Waals surface area (Å²) in [6.45, 7) is 8.35. The molecule has 122 valence electrons. The van der Waals surface area contributed by atoms with Crippen molar-refractivity contribution in [3.05, 3.63) is 11.6 Å². The van der Waals surface area contributed by atoms with Gasteiger partial charge in [-0.1, -0.05) is 26.7 Å². The van der Waals surface area contributed by atoms with Crippen LogP contribution in [0.25, 0.3) is 0 Å². The van der Waals surface area contributed by atoms with Crippen molar-refractivity contribution in [2.75, 3.05) is 6.54 Å². The number of nitrogens with zero attached hydrogens (tertiary/aromatic N) is 4. The van der Waals surface area contributed by atoms with Crippen molar-refractivity contribution in [2.24, 2.45) is 11.7 Å². The van der Waals surface area contributed by atoms with Crippen LogP contribution in [0.4, 0.5) is 0 Å². The molecule has 1 amide bonds. The summed E-state index contributed by atoms with van der Waals surface area (Å²) in [6, 6.07) is 0. The lowest BCUT2D eigenvalue weighted by atomic mass is 9.74. The number of hydrogen-bond donors (Lipinski definition) is 1. The lowest BCUT2D eigenvalue weighted by Crippen LogP contribution is -2.54. The fourth-order valence-corrected chi connectivity index (χ4v) is 3.78. The smallest absolute Gasteiger partial charge is 0.227 e. The fraction of sp³-hybridized carbons (Fsp3) is 0.812. The minimum atomic E-state index is -0.371. The highest BCUT2D eigenvalue weighted by molar-refractivity contribution is 5.80. The van der Waals surface area contributed by atoms with Gasteiger partial charge in [0.05, 0.1) is 12.5 Å². The SMILES string of the molecule is CC(C)c1nnc2n1CCN(C(=O)C1CCCCC1(C)N)C2. The third-order valence-corrected chi connectivity index (χ3v) is 5.16. The first kappa shape index (κ1) is 15.5. The normalized spacial score (nSPS) is 28.8. The first-order valence-electron chi connectivity index (χ1n) is 8.40. The van der Waals surface area contributed by atoms with Crippen LogP contribution in [0.2, 0.25) is 0 Å². The number of rotatable bonds is 2. The molecule has 1 aromatic rings. The minimum absolute atomic E-state index is 0.0553. The van der Waals surface area contributed by atoms with Crippen LogP contribution in [0, 0.1) is 5.92 Å².